The zero-order chi connectivity index (χ0) is 13.7. The van der Waals surface area contributed by atoms with Gasteiger partial charge in [-0.3, -0.25) is 4.79 Å². The third-order valence-electron chi connectivity index (χ3n) is 4.77. The molecule has 4 rings (SSSR count). The van der Waals surface area contributed by atoms with Crippen molar-refractivity contribution >= 4 is 17.0 Å². The zero-order valence-electron chi connectivity index (χ0n) is 11.2. The highest BCUT2D eigenvalue weighted by Gasteiger charge is 2.45. The molecular weight excluding hydrogens is 254 g/mol. The average Bonchev–Trinajstić information content (AvgIpc) is 3.01. The molecule has 2 fully saturated rings. The first-order valence-corrected chi connectivity index (χ1v) is 7.10. The molecule has 1 aliphatic carbocycles. The average molecular weight is 271 g/mol. The van der Waals surface area contributed by atoms with Gasteiger partial charge in [0.15, 0.2) is 5.58 Å². The fourth-order valence-corrected chi connectivity index (χ4v) is 3.46. The first kappa shape index (κ1) is 11.9. The summed E-state index contributed by atoms with van der Waals surface area (Å²) >= 11 is 0. The molecule has 2 aliphatic rings. The monoisotopic (exact) mass is 271 g/mol. The molecule has 0 radical (unpaired) electrons. The van der Waals surface area contributed by atoms with Gasteiger partial charge in [-0.05, 0) is 36.8 Å². The minimum absolute atomic E-state index is 0.156. The van der Waals surface area contributed by atoms with Crippen molar-refractivity contribution < 1.29 is 9.21 Å². The Morgan fingerprint density at radius 1 is 1.45 bits per heavy atom. The molecule has 1 amide bonds. The fraction of sp³-hybridized carbons (Fsp3) is 0.467. The predicted molar refractivity (Wildman–Crippen MR) is 74.2 cm³/mol. The van der Waals surface area contributed by atoms with E-state index in [0.717, 1.165) is 13.0 Å². The van der Waals surface area contributed by atoms with Crippen molar-refractivity contribution in [2.24, 2.45) is 11.1 Å². The van der Waals surface area contributed by atoms with Gasteiger partial charge in [0, 0.05) is 6.54 Å². The fourth-order valence-electron chi connectivity index (χ4n) is 3.46. The maximum atomic E-state index is 11.4. The second kappa shape index (κ2) is 4.06. The topological polar surface area (TPSA) is 81.2 Å². The predicted octanol–water partition coefficient (Wildman–Crippen LogP) is 2.13. The van der Waals surface area contributed by atoms with E-state index in [4.69, 9.17) is 10.2 Å². The number of amides is 1. The number of rotatable bonds is 2. The highest BCUT2D eigenvalue weighted by atomic mass is 16.3. The van der Waals surface area contributed by atoms with Gasteiger partial charge in [0.25, 0.3) is 5.91 Å². The van der Waals surface area contributed by atoms with Crippen molar-refractivity contribution in [3.8, 4) is 0 Å². The van der Waals surface area contributed by atoms with Crippen LogP contribution >= 0.6 is 0 Å². The first-order valence-electron chi connectivity index (χ1n) is 7.10. The lowest BCUT2D eigenvalue weighted by atomic mass is 9.67. The minimum Gasteiger partial charge on any atom is -0.439 e. The summed E-state index contributed by atoms with van der Waals surface area (Å²) in [6.07, 6.45) is 4.99. The summed E-state index contributed by atoms with van der Waals surface area (Å²) in [5.41, 5.74) is 7.47. The second-order valence-corrected chi connectivity index (χ2v) is 6.06. The lowest BCUT2D eigenvalue weighted by Crippen LogP contribution is -2.31. The van der Waals surface area contributed by atoms with Crippen LogP contribution in [-0.4, -0.2) is 17.4 Å². The number of carbonyl (C=O) groups excluding carboxylic acids is 1. The van der Waals surface area contributed by atoms with Crippen LogP contribution in [0, 0.1) is 5.41 Å². The molecule has 5 heteroatoms. The van der Waals surface area contributed by atoms with Gasteiger partial charge < -0.3 is 15.5 Å². The Morgan fingerprint density at radius 3 is 2.95 bits per heavy atom. The van der Waals surface area contributed by atoms with E-state index < -0.39 is 5.91 Å². The van der Waals surface area contributed by atoms with E-state index in [9.17, 15) is 4.79 Å². The van der Waals surface area contributed by atoms with E-state index in [1.54, 1.807) is 12.1 Å². The largest absolute Gasteiger partial charge is 0.439 e. The number of primary amides is 1. The standard InChI is InChI=1S/C15H17N3O2/c16-13(19)9-3-1-4-11-12(9)18-14(20-11)10-7-15(8-17-10)5-2-6-15/h1,3-4,10,17H,2,5-8H2,(H2,16,19). The molecule has 1 saturated carbocycles. The quantitative estimate of drug-likeness (QED) is 0.876. The molecule has 1 atom stereocenters. The van der Waals surface area contributed by atoms with Crippen molar-refractivity contribution in [3.63, 3.8) is 0 Å². The number of aromatic nitrogens is 1. The van der Waals surface area contributed by atoms with Crippen LogP contribution in [0.25, 0.3) is 11.1 Å². The van der Waals surface area contributed by atoms with Crippen LogP contribution < -0.4 is 11.1 Å². The molecule has 104 valence electrons. The number of nitrogens with two attached hydrogens (primary N) is 1. The van der Waals surface area contributed by atoms with Gasteiger partial charge >= 0.3 is 0 Å². The minimum atomic E-state index is -0.467. The molecule has 1 unspecified atom stereocenters. The van der Waals surface area contributed by atoms with Crippen LogP contribution in [0.5, 0.6) is 0 Å². The summed E-state index contributed by atoms with van der Waals surface area (Å²) in [6.45, 7) is 1.04. The smallest absolute Gasteiger partial charge is 0.251 e. The molecule has 2 heterocycles. The van der Waals surface area contributed by atoms with Crippen LogP contribution in [0.3, 0.4) is 0 Å². The van der Waals surface area contributed by atoms with E-state index >= 15 is 0 Å². The van der Waals surface area contributed by atoms with E-state index in [1.807, 2.05) is 6.07 Å². The molecule has 1 aromatic carbocycles. The molecular formula is C15H17N3O2. The second-order valence-electron chi connectivity index (χ2n) is 6.06. The molecule has 1 aromatic heterocycles. The summed E-state index contributed by atoms with van der Waals surface area (Å²) in [5.74, 6) is 0.211. The molecule has 3 N–H and O–H groups in total. The van der Waals surface area contributed by atoms with E-state index in [2.05, 4.69) is 10.3 Å². The molecule has 5 nitrogen and oxygen atoms in total. The van der Waals surface area contributed by atoms with Gasteiger partial charge in [-0.1, -0.05) is 12.5 Å². The maximum Gasteiger partial charge on any atom is 0.251 e. The summed E-state index contributed by atoms with van der Waals surface area (Å²) in [5, 5.41) is 3.50. The number of hydrogen-bond acceptors (Lipinski definition) is 4. The summed E-state index contributed by atoms with van der Waals surface area (Å²) < 4.78 is 5.82. The van der Waals surface area contributed by atoms with Gasteiger partial charge in [-0.2, -0.15) is 0 Å². The number of nitrogens with zero attached hydrogens (tertiary/aromatic N) is 1. The molecule has 1 spiro atoms. The SMILES string of the molecule is NC(=O)c1cccc2oc(C3CC4(CCC4)CN3)nc12. The summed E-state index contributed by atoms with van der Waals surface area (Å²) in [7, 11) is 0. The molecule has 1 saturated heterocycles. The van der Waals surface area contributed by atoms with Crippen LogP contribution in [-0.2, 0) is 0 Å². The Balaban J connectivity index is 1.71. The van der Waals surface area contributed by atoms with Gasteiger partial charge in [0.1, 0.15) is 5.52 Å². The normalized spacial score (nSPS) is 24.1. The van der Waals surface area contributed by atoms with Crippen molar-refractivity contribution in [2.45, 2.75) is 31.7 Å². The van der Waals surface area contributed by atoms with Crippen LogP contribution in [0.15, 0.2) is 22.6 Å². The third-order valence-corrected chi connectivity index (χ3v) is 4.77. The highest BCUT2D eigenvalue weighted by molar-refractivity contribution is 6.03. The molecule has 1 aliphatic heterocycles. The lowest BCUT2D eigenvalue weighted by Gasteiger charge is -2.37. The van der Waals surface area contributed by atoms with Gasteiger partial charge in [-0.25, -0.2) is 4.98 Å². The summed E-state index contributed by atoms with van der Waals surface area (Å²) in [4.78, 5) is 15.9. The van der Waals surface area contributed by atoms with Crippen molar-refractivity contribution in [1.82, 2.24) is 10.3 Å². The lowest BCUT2D eigenvalue weighted by molar-refractivity contribution is 0.100. The van der Waals surface area contributed by atoms with Crippen molar-refractivity contribution in [3.05, 3.63) is 29.7 Å². The van der Waals surface area contributed by atoms with Crippen LogP contribution in [0.4, 0.5) is 0 Å². The zero-order valence-corrected chi connectivity index (χ0v) is 11.2. The number of fused-ring (bicyclic) bond motifs is 1. The third kappa shape index (κ3) is 1.66. The van der Waals surface area contributed by atoms with Gasteiger partial charge in [-0.15, -0.1) is 0 Å². The Labute approximate surface area is 116 Å². The van der Waals surface area contributed by atoms with Gasteiger partial charge in [0.05, 0.1) is 11.6 Å². The van der Waals surface area contributed by atoms with Crippen LogP contribution in [0.1, 0.15) is 48.0 Å². The van der Waals surface area contributed by atoms with Gasteiger partial charge in [0.2, 0.25) is 5.89 Å². The molecule has 20 heavy (non-hydrogen) atoms. The van der Waals surface area contributed by atoms with Crippen molar-refractivity contribution in [2.75, 3.05) is 6.54 Å². The Kier molecular flexibility index (Phi) is 2.41. The number of benzene rings is 1. The first-order chi connectivity index (χ1) is 9.67. The Bertz CT molecular complexity index is 687. The number of carbonyl (C=O) groups is 1. The van der Waals surface area contributed by atoms with E-state index in [1.165, 1.54) is 19.3 Å². The highest BCUT2D eigenvalue weighted by Crippen LogP contribution is 2.50. The number of hydrogen-bond donors (Lipinski definition) is 2. The maximum absolute atomic E-state index is 11.4. The Hall–Kier alpha value is -1.88. The Morgan fingerprint density at radius 2 is 2.30 bits per heavy atom. The van der Waals surface area contributed by atoms with Crippen molar-refractivity contribution in [1.29, 1.82) is 0 Å². The van der Waals surface area contributed by atoms with E-state index in [-0.39, 0.29) is 6.04 Å². The molecule has 2 aromatic rings. The molecule has 0 bridgehead atoms. The number of para-hydroxylation sites is 1. The number of oxazole rings is 1. The van der Waals surface area contributed by atoms with Crippen LogP contribution in [0.2, 0.25) is 0 Å². The van der Waals surface area contributed by atoms with E-state index in [0.29, 0.717) is 28.0 Å². The number of nitrogens with one attached hydrogen (secondary N) is 1. The summed E-state index contributed by atoms with van der Waals surface area (Å²) in [6, 6.07) is 5.44.